The zero-order valence-electron chi connectivity index (χ0n) is 11.3. The molecule has 2 aliphatic rings. The van der Waals surface area contributed by atoms with Gasteiger partial charge in [0.25, 0.3) is 5.91 Å². The number of hydrogen-bond acceptors (Lipinski definition) is 3. The third kappa shape index (κ3) is 2.51. The highest BCUT2D eigenvalue weighted by Crippen LogP contribution is 2.25. The first-order valence-electron chi connectivity index (χ1n) is 6.94. The number of nitrogens with zero attached hydrogens (tertiary/aromatic N) is 1. The Balaban J connectivity index is 1.86. The maximum Gasteiger partial charge on any atom is 0.254 e. The number of hydrogen-bond donors (Lipinski definition) is 1. The molecule has 4 heteroatoms. The van der Waals surface area contributed by atoms with Gasteiger partial charge in [-0.1, -0.05) is 12.1 Å². The van der Waals surface area contributed by atoms with Crippen molar-refractivity contribution in [3.05, 3.63) is 34.9 Å². The minimum atomic E-state index is 0.200. The quantitative estimate of drug-likeness (QED) is 0.895. The van der Waals surface area contributed by atoms with E-state index < -0.39 is 0 Å². The topological polar surface area (TPSA) is 32.3 Å². The molecule has 2 heterocycles. The second kappa shape index (κ2) is 5.55. The number of amides is 1. The lowest BCUT2D eigenvalue weighted by Gasteiger charge is -2.27. The molecule has 19 heavy (non-hydrogen) atoms. The van der Waals surface area contributed by atoms with Crippen LogP contribution in [0.4, 0.5) is 0 Å². The van der Waals surface area contributed by atoms with Crippen molar-refractivity contribution in [2.45, 2.75) is 25.4 Å². The van der Waals surface area contributed by atoms with Crippen LogP contribution in [0, 0.1) is 0 Å². The molecule has 3 rings (SSSR count). The molecule has 1 aromatic carbocycles. The van der Waals surface area contributed by atoms with Gasteiger partial charge >= 0.3 is 0 Å². The molecule has 0 radical (unpaired) electrons. The van der Waals surface area contributed by atoms with E-state index in [0.29, 0.717) is 6.04 Å². The molecule has 1 N–H and O–H groups in total. The first-order chi connectivity index (χ1) is 9.27. The van der Waals surface area contributed by atoms with Gasteiger partial charge in [0.2, 0.25) is 0 Å². The number of carbonyl (C=O) groups excluding carboxylic acids is 1. The zero-order chi connectivity index (χ0) is 13.2. The van der Waals surface area contributed by atoms with Gasteiger partial charge in [-0.05, 0) is 42.3 Å². The molecule has 2 aliphatic heterocycles. The van der Waals surface area contributed by atoms with Crippen molar-refractivity contribution in [3.8, 4) is 0 Å². The van der Waals surface area contributed by atoms with Gasteiger partial charge in [-0.25, -0.2) is 0 Å². The standard InChI is InChI=1S/C15H20N2OS/c1-17(12-6-8-19-10-12)15(18)14-4-2-3-11-9-16-7-5-13(11)14/h2-4,12,16H,5-10H2,1H3. The van der Waals surface area contributed by atoms with Crippen molar-refractivity contribution in [2.75, 3.05) is 25.1 Å². The molecule has 1 atom stereocenters. The van der Waals surface area contributed by atoms with Gasteiger partial charge in [-0.3, -0.25) is 4.79 Å². The fourth-order valence-corrected chi connectivity index (χ4v) is 4.18. The minimum Gasteiger partial charge on any atom is -0.338 e. The van der Waals surface area contributed by atoms with Crippen molar-refractivity contribution in [2.24, 2.45) is 0 Å². The molecule has 0 aliphatic carbocycles. The van der Waals surface area contributed by atoms with Gasteiger partial charge in [0.1, 0.15) is 0 Å². The summed E-state index contributed by atoms with van der Waals surface area (Å²) in [5, 5.41) is 3.36. The van der Waals surface area contributed by atoms with E-state index in [-0.39, 0.29) is 5.91 Å². The zero-order valence-corrected chi connectivity index (χ0v) is 12.1. The van der Waals surface area contributed by atoms with Gasteiger partial charge in [-0.2, -0.15) is 11.8 Å². The molecule has 1 saturated heterocycles. The largest absolute Gasteiger partial charge is 0.338 e. The van der Waals surface area contributed by atoms with Crippen LogP contribution in [0.1, 0.15) is 27.9 Å². The highest BCUT2D eigenvalue weighted by atomic mass is 32.2. The third-order valence-electron chi connectivity index (χ3n) is 4.14. The Hall–Kier alpha value is -1.00. The Morgan fingerprint density at radius 2 is 2.37 bits per heavy atom. The van der Waals surface area contributed by atoms with Crippen molar-refractivity contribution in [1.82, 2.24) is 10.2 Å². The Kier molecular flexibility index (Phi) is 3.80. The van der Waals surface area contributed by atoms with Crippen LogP contribution in [-0.4, -0.2) is 41.9 Å². The van der Waals surface area contributed by atoms with Gasteiger partial charge in [0.05, 0.1) is 0 Å². The molecule has 0 bridgehead atoms. The molecule has 3 nitrogen and oxygen atoms in total. The average molecular weight is 276 g/mol. The van der Waals surface area contributed by atoms with E-state index in [4.69, 9.17) is 0 Å². The van der Waals surface area contributed by atoms with Crippen LogP contribution in [0.15, 0.2) is 18.2 Å². The third-order valence-corrected chi connectivity index (χ3v) is 5.29. The highest BCUT2D eigenvalue weighted by Gasteiger charge is 2.26. The van der Waals surface area contributed by atoms with E-state index in [2.05, 4.69) is 11.4 Å². The maximum atomic E-state index is 12.7. The molecule has 0 spiro atoms. The van der Waals surface area contributed by atoms with E-state index >= 15 is 0 Å². The maximum absolute atomic E-state index is 12.7. The second-order valence-electron chi connectivity index (χ2n) is 5.30. The lowest BCUT2D eigenvalue weighted by molar-refractivity contribution is 0.0746. The number of benzene rings is 1. The first kappa shape index (κ1) is 13.0. The van der Waals surface area contributed by atoms with E-state index in [1.165, 1.54) is 16.9 Å². The number of fused-ring (bicyclic) bond motifs is 1. The fourth-order valence-electron chi connectivity index (χ4n) is 2.92. The van der Waals surface area contributed by atoms with Crippen LogP contribution in [0.25, 0.3) is 0 Å². The van der Waals surface area contributed by atoms with Crippen LogP contribution in [-0.2, 0) is 13.0 Å². The van der Waals surface area contributed by atoms with Gasteiger partial charge in [0.15, 0.2) is 0 Å². The molecular weight excluding hydrogens is 256 g/mol. The normalized spacial score (nSPS) is 22.1. The summed E-state index contributed by atoms with van der Waals surface area (Å²) in [5.74, 6) is 2.46. The molecule has 1 amide bonds. The number of carbonyl (C=O) groups is 1. The van der Waals surface area contributed by atoms with E-state index in [1.807, 2.05) is 35.8 Å². The number of rotatable bonds is 2. The summed E-state index contributed by atoms with van der Waals surface area (Å²) in [6.45, 7) is 1.86. The van der Waals surface area contributed by atoms with Crippen molar-refractivity contribution in [1.29, 1.82) is 0 Å². The molecule has 0 saturated carbocycles. The molecule has 1 unspecified atom stereocenters. The summed E-state index contributed by atoms with van der Waals surface area (Å²) < 4.78 is 0. The molecule has 0 aromatic heterocycles. The predicted molar refractivity (Wildman–Crippen MR) is 79.7 cm³/mol. The van der Waals surface area contributed by atoms with Crippen LogP contribution < -0.4 is 5.32 Å². The van der Waals surface area contributed by atoms with Crippen LogP contribution >= 0.6 is 11.8 Å². The Labute approximate surface area is 118 Å². The van der Waals surface area contributed by atoms with Crippen molar-refractivity contribution in [3.63, 3.8) is 0 Å². The van der Waals surface area contributed by atoms with E-state index in [1.54, 1.807) is 0 Å². The fraction of sp³-hybridized carbons (Fsp3) is 0.533. The average Bonchev–Trinajstić information content (AvgIpc) is 2.99. The summed E-state index contributed by atoms with van der Waals surface area (Å²) in [4.78, 5) is 14.7. The molecule has 1 fully saturated rings. The van der Waals surface area contributed by atoms with Gasteiger partial charge < -0.3 is 10.2 Å². The summed E-state index contributed by atoms with van der Waals surface area (Å²) >= 11 is 1.95. The van der Waals surface area contributed by atoms with E-state index in [9.17, 15) is 4.79 Å². The monoisotopic (exact) mass is 276 g/mol. The summed E-state index contributed by atoms with van der Waals surface area (Å²) in [7, 11) is 1.96. The van der Waals surface area contributed by atoms with Crippen molar-refractivity contribution < 1.29 is 4.79 Å². The Morgan fingerprint density at radius 1 is 1.47 bits per heavy atom. The minimum absolute atomic E-state index is 0.200. The summed E-state index contributed by atoms with van der Waals surface area (Å²) in [6, 6.07) is 6.54. The van der Waals surface area contributed by atoms with Crippen molar-refractivity contribution >= 4 is 17.7 Å². The summed E-state index contributed by atoms with van der Waals surface area (Å²) in [5.41, 5.74) is 3.45. The van der Waals surface area contributed by atoms with Gasteiger partial charge in [0, 0.05) is 31.0 Å². The SMILES string of the molecule is CN(C(=O)c1cccc2c1CCNC2)C1CCSC1. The Bertz CT molecular complexity index is 483. The van der Waals surface area contributed by atoms with Gasteiger partial charge in [-0.15, -0.1) is 0 Å². The van der Waals surface area contributed by atoms with E-state index in [0.717, 1.165) is 37.2 Å². The smallest absolute Gasteiger partial charge is 0.254 e. The highest BCUT2D eigenvalue weighted by molar-refractivity contribution is 7.99. The second-order valence-corrected chi connectivity index (χ2v) is 6.45. The van der Waals surface area contributed by atoms with Crippen LogP contribution in [0.3, 0.4) is 0 Å². The molecule has 1 aromatic rings. The van der Waals surface area contributed by atoms with Crippen LogP contribution in [0.2, 0.25) is 0 Å². The predicted octanol–water partition coefficient (Wildman–Crippen LogP) is 1.91. The van der Waals surface area contributed by atoms with Crippen LogP contribution in [0.5, 0.6) is 0 Å². The number of nitrogens with one attached hydrogen (secondary N) is 1. The summed E-state index contributed by atoms with van der Waals surface area (Å²) in [6.07, 6.45) is 2.09. The lowest BCUT2D eigenvalue weighted by atomic mass is 9.94. The first-order valence-corrected chi connectivity index (χ1v) is 8.09. The number of thioether (sulfide) groups is 1. The molecule has 102 valence electrons. The molecular formula is C15H20N2OS. The Morgan fingerprint density at radius 3 is 3.16 bits per heavy atom. The lowest BCUT2D eigenvalue weighted by Crippen LogP contribution is -2.38.